The Kier molecular flexibility index (Phi) is 2.83. The standard InChI is InChI=1S/C11H11NO5/c13-6-5-12-10(15)11(16)8-4-2-1-3-7(8)9(14)17-11/h1-4,13,16H,5-6H2,(H,12,15). The monoisotopic (exact) mass is 237 g/mol. The van der Waals surface area contributed by atoms with E-state index in [1.165, 1.54) is 12.1 Å². The summed E-state index contributed by atoms with van der Waals surface area (Å²) < 4.78 is 4.70. The summed E-state index contributed by atoms with van der Waals surface area (Å²) >= 11 is 0. The zero-order chi connectivity index (χ0) is 12.5. The SMILES string of the molecule is O=C1OC(O)(C(=O)NCCO)c2ccccc21. The van der Waals surface area contributed by atoms with E-state index < -0.39 is 17.7 Å². The van der Waals surface area contributed by atoms with Gasteiger partial charge in [-0.25, -0.2) is 4.79 Å². The molecule has 0 saturated carbocycles. The Morgan fingerprint density at radius 3 is 2.82 bits per heavy atom. The van der Waals surface area contributed by atoms with Crippen LogP contribution in [0, 0.1) is 0 Å². The third-order valence-electron chi connectivity index (χ3n) is 2.46. The second kappa shape index (κ2) is 4.15. The van der Waals surface area contributed by atoms with E-state index in [2.05, 4.69) is 5.32 Å². The predicted octanol–water partition coefficient (Wildman–Crippen LogP) is -0.889. The third kappa shape index (κ3) is 1.77. The molecule has 1 aliphatic heterocycles. The topological polar surface area (TPSA) is 95.9 Å². The van der Waals surface area contributed by atoms with E-state index in [1.807, 2.05) is 0 Å². The lowest BCUT2D eigenvalue weighted by molar-refractivity contribution is -0.186. The van der Waals surface area contributed by atoms with Crippen LogP contribution < -0.4 is 5.32 Å². The zero-order valence-electron chi connectivity index (χ0n) is 8.84. The molecule has 17 heavy (non-hydrogen) atoms. The van der Waals surface area contributed by atoms with Crippen LogP contribution in [0.5, 0.6) is 0 Å². The first-order chi connectivity index (χ1) is 8.09. The number of cyclic esters (lactones) is 1. The number of carbonyl (C=O) groups is 2. The van der Waals surface area contributed by atoms with Crippen LogP contribution >= 0.6 is 0 Å². The average molecular weight is 237 g/mol. The minimum absolute atomic E-state index is 0.0269. The molecule has 0 bridgehead atoms. The van der Waals surface area contributed by atoms with Gasteiger partial charge in [-0.3, -0.25) is 4.79 Å². The number of rotatable bonds is 3. The Balaban J connectivity index is 2.34. The molecule has 1 aromatic rings. The second-order valence-corrected chi connectivity index (χ2v) is 3.56. The highest BCUT2D eigenvalue weighted by molar-refractivity contribution is 6.01. The number of hydrogen-bond acceptors (Lipinski definition) is 5. The lowest BCUT2D eigenvalue weighted by atomic mass is 10.0. The number of fused-ring (bicyclic) bond motifs is 1. The van der Waals surface area contributed by atoms with Gasteiger partial charge in [0.05, 0.1) is 12.2 Å². The zero-order valence-corrected chi connectivity index (χ0v) is 8.84. The Bertz CT molecular complexity index is 473. The van der Waals surface area contributed by atoms with Gasteiger partial charge < -0.3 is 20.3 Å². The molecule has 2 rings (SSSR count). The number of carbonyl (C=O) groups excluding carboxylic acids is 2. The third-order valence-corrected chi connectivity index (χ3v) is 2.46. The molecular weight excluding hydrogens is 226 g/mol. The fourth-order valence-corrected chi connectivity index (χ4v) is 1.66. The van der Waals surface area contributed by atoms with Crippen molar-refractivity contribution in [3.8, 4) is 0 Å². The largest absolute Gasteiger partial charge is 0.415 e. The van der Waals surface area contributed by atoms with Crippen molar-refractivity contribution < 1.29 is 24.5 Å². The summed E-state index contributed by atoms with van der Waals surface area (Å²) in [6.45, 7) is -0.293. The first kappa shape index (κ1) is 11.6. The first-order valence-electron chi connectivity index (χ1n) is 5.04. The molecule has 0 aromatic heterocycles. The highest BCUT2D eigenvalue weighted by Crippen LogP contribution is 2.34. The van der Waals surface area contributed by atoms with Crippen LogP contribution in [0.4, 0.5) is 0 Å². The van der Waals surface area contributed by atoms with E-state index >= 15 is 0 Å². The summed E-state index contributed by atoms with van der Waals surface area (Å²) in [5, 5.41) is 20.9. The number of aliphatic hydroxyl groups is 2. The molecule has 90 valence electrons. The summed E-state index contributed by atoms with van der Waals surface area (Å²) in [5.74, 6) is -3.92. The van der Waals surface area contributed by atoms with Gasteiger partial charge in [-0.1, -0.05) is 18.2 Å². The van der Waals surface area contributed by atoms with Gasteiger partial charge in [0.1, 0.15) is 0 Å². The molecule has 1 unspecified atom stereocenters. The number of nitrogens with one attached hydrogen (secondary N) is 1. The number of amides is 1. The number of hydrogen-bond donors (Lipinski definition) is 3. The van der Waals surface area contributed by atoms with Crippen molar-refractivity contribution in [3.05, 3.63) is 35.4 Å². The maximum Gasteiger partial charge on any atom is 0.341 e. The van der Waals surface area contributed by atoms with Crippen LogP contribution in [0.15, 0.2) is 24.3 Å². The van der Waals surface area contributed by atoms with Crippen LogP contribution in [0.2, 0.25) is 0 Å². The molecule has 0 aliphatic carbocycles. The molecule has 1 aromatic carbocycles. The second-order valence-electron chi connectivity index (χ2n) is 3.56. The van der Waals surface area contributed by atoms with Crippen LogP contribution in [0.3, 0.4) is 0 Å². The van der Waals surface area contributed by atoms with E-state index in [9.17, 15) is 14.7 Å². The molecule has 0 radical (unpaired) electrons. The van der Waals surface area contributed by atoms with Gasteiger partial charge in [-0.2, -0.15) is 0 Å². The van der Waals surface area contributed by atoms with E-state index in [0.29, 0.717) is 0 Å². The quantitative estimate of drug-likeness (QED) is 0.593. The Hall–Kier alpha value is -1.92. The summed E-state index contributed by atoms with van der Waals surface area (Å²) in [5.41, 5.74) is 0.273. The molecule has 0 fully saturated rings. The van der Waals surface area contributed by atoms with E-state index in [0.717, 1.165) is 0 Å². The normalized spacial score (nSPS) is 21.9. The summed E-state index contributed by atoms with van der Waals surface area (Å²) in [6.07, 6.45) is 0. The van der Waals surface area contributed by atoms with Crippen molar-refractivity contribution in [2.45, 2.75) is 5.79 Å². The van der Waals surface area contributed by atoms with Crippen molar-refractivity contribution in [2.24, 2.45) is 0 Å². The minimum atomic E-state index is -2.30. The Morgan fingerprint density at radius 1 is 1.41 bits per heavy atom. The average Bonchev–Trinajstić information content (AvgIpc) is 2.61. The minimum Gasteiger partial charge on any atom is -0.415 e. The number of esters is 1. The number of aliphatic hydroxyl groups excluding tert-OH is 1. The van der Waals surface area contributed by atoms with E-state index in [-0.39, 0.29) is 24.3 Å². The first-order valence-corrected chi connectivity index (χ1v) is 5.04. The van der Waals surface area contributed by atoms with Gasteiger partial charge in [-0.05, 0) is 6.07 Å². The van der Waals surface area contributed by atoms with Crippen LogP contribution in [-0.2, 0) is 15.3 Å². The molecule has 6 nitrogen and oxygen atoms in total. The Morgan fingerprint density at radius 2 is 2.12 bits per heavy atom. The number of ether oxygens (including phenoxy) is 1. The predicted molar refractivity (Wildman–Crippen MR) is 55.8 cm³/mol. The Labute approximate surface area is 96.8 Å². The van der Waals surface area contributed by atoms with Gasteiger partial charge in [0.15, 0.2) is 0 Å². The summed E-state index contributed by atoms with van der Waals surface area (Å²) in [4.78, 5) is 23.1. The highest BCUT2D eigenvalue weighted by atomic mass is 16.7. The van der Waals surface area contributed by atoms with Gasteiger partial charge in [0, 0.05) is 12.1 Å². The van der Waals surface area contributed by atoms with Gasteiger partial charge >= 0.3 is 11.8 Å². The van der Waals surface area contributed by atoms with Crippen molar-refractivity contribution in [2.75, 3.05) is 13.2 Å². The lowest BCUT2D eigenvalue weighted by Crippen LogP contribution is -2.45. The maximum absolute atomic E-state index is 11.7. The maximum atomic E-state index is 11.7. The summed E-state index contributed by atoms with van der Waals surface area (Å²) in [7, 11) is 0. The van der Waals surface area contributed by atoms with Gasteiger partial charge in [0.2, 0.25) is 0 Å². The molecule has 1 aliphatic rings. The molecule has 1 amide bonds. The lowest BCUT2D eigenvalue weighted by Gasteiger charge is -2.20. The number of benzene rings is 1. The van der Waals surface area contributed by atoms with E-state index in [1.54, 1.807) is 12.1 Å². The van der Waals surface area contributed by atoms with Crippen molar-refractivity contribution >= 4 is 11.9 Å². The van der Waals surface area contributed by atoms with Crippen LogP contribution in [-0.4, -0.2) is 35.2 Å². The van der Waals surface area contributed by atoms with Gasteiger partial charge in [-0.15, -0.1) is 0 Å². The smallest absolute Gasteiger partial charge is 0.341 e. The van der Waals surface area contributed by atoms with Crippen LogP contribution in [0.1, 0.15) is 15.9 Å². The molecule has 1 heterocycles. The summed E-state index contributed by atoms with van der Waals surface area (Å²) in [6, 6.07) is 6.11. The van der Waals surface area contributed by atoms with Crippen molar-refractivity contribution in [1.29, 1.82) is 0 Å². The van der Waals surface area contributed by atoms with E-state index in [4.69, 9.17) is 9.84 Å². The fraction of sp³-hybridized carbons (Fsp3) is 0.273. The molecule has 1 atom stereocenters. The van der Waals surface area contributed by atoms with Crippen molar-refractivity contribution in [1.82, 2.24) is 5.32 Å². The molecule has 6 heteroatoms. The van der Waals surface area contributed by atoms with Gasteiger partial charge in [0.25, 0.3) is 5.91 Å². The van der Waals surface area contributed by atoms with Crippen molar-refractivity contribution in [3.63, 3.8) is 0 Å². The molecule has 0 saturated heterocycles. The fourth-order valence-electron chi connectivity index (χ4n) is 1.66. The molecule has 0 spiro atoms. The molecular formula is C11H11NO5. The molecule has 3 N–H and O–H groups in total. The highest BCUT2D eigenvalue weighted by Gasteiger charge is 2.50. The van der Waals surface area contributed by atoms with Crippen LogP contribution in [0.25, 0.3) is 0 Å².